The number of hydrogen-bond acceptors (Lipinski definition) is 5. The highest BCUT2D eigenvalue weighted by Gasteiger charge is 2.38. The topological polar surface area (TPSA) is 130 Å². The van der Waals surface area contributed by atoms with Crippen LogP contribution in [0.1, 0.15) is 26.7 Å². The van der Waals surface area contributed by atoms with Crippen molar-refractivity contribution in [3.63, 3.8) is 0 Å². The van der Waals surface area contributed by atoms with E-state index in [0.717, 1.165) is 4.90 Å². The zero-order valence-electron chi connectivity index (χ0n) is 15.6. The summed E-state index contributed by atoms with van der Waals surface area (Å²) in [6.07, 6.45) is -3.98. The smallest absolute Gasteiger partial charge is 0.475 e. The molecule has 1 rings (SSSR count). The van der Waals surface area contributed by atoms with E-state index in [0.29, 0.717) is 19.4 Å². The Morgan fingerprint density at radius 3 is 2.21 bits per heavy atom. The number of carbonyl (C=O) groups is 4. The van der Waals surface area contributed by atoms with Gasteiger partial charge >= 0.3 is 12.1 Å². The first-order valence-corrected chi connectivity index (χ1v) is 8.49. The second kappa shape index (κ2) is 11.6. The lowest BCUT2D eigenvalue weighted by Gasteiger charge is -2.24. The highest BCUT2D eigenvalue weighted by molar-refractivity contribution is 5.90. The van der Waals surface area contributed by atoms with Crippen molar-refractivity contribution in [1.82, 2.24) is 10.2 Å². The van der Waals surface area contributed by atoms with Crippen LogP contribution in [0.15, 0.2) is 0 Å². The highest BCUT2D eigenvalue weighted by Crippen LogP contribution is 2.13. The number of halogens is 4. The summed E-state index contributed by atoms with van der Waals surface area (Å²) in [5, 5.41) is 9.78. The van der Waals surface area contributed by atoms with Crippen LogP contribution in [0, 0.1) is 11.8 Å². The van der Waals surface area contributed by atoms with Crippen molar-refractivity contribution in [2.45, 2.75) is 38.9 Å². The fourth-order valence-corrected chi connectivity index (χ4v) is 2.37. The van der Waals surface area contributed by atoms with E-state index < -0.39 is 30.8 Å². The van der Waals surface area contributed by atoms with Crippen LogP contribution in [0.25, 0.3) is 0 Å². The van der Waals surface area contributed by atoms with Crippen LogP contribution in [-0.2, 0) is 19.2 Å². The number of aliphatic carboxylic acids is 1. The van der Waals surface area contributed by atoms with Crippen molar-refractivity contribution in [2.24, 2.45) is 17.6 Å². The number of hydrogen-bond donors (Lipinski definition) is 3. The molecule has 2 atom stereocenters. The summed E-state index contributed by atoms with van der Waals surface area (Å²) in [7, 11) is 0. The monoisotopic (exact) mass is 415 g/mol. The van der Waals surface area contributed by atoms with E-state index >= 15 is 0 Å². The third kappa shape index (κ3) is 9.62. The molecule has 28 heavy (non-hydrogen) atoms. The van der Waals surface area contributed by atoms with Gasteiger partial charge < -0.3 is 21.1 Å². The molecule has 8 nitrogen and oxygen atoms in total. The van der Waals surface area contributed by atoms with Gasteiger partial charge in [0.1, 0.15) is 0 Å². The Hall–Kier alpha value is -2.24. The predicted octanol–water partition coefficient (Wildman–Crippen LogP) is 0.496. The first kappa shape index (κ1) is 25.8. The van der Waals surface area contributed by atoms with Crippen molar-refractivity contribution < 1.29 is 41.8 Å². The molecule has 0 aliphatic carbocycles. The molecule has 0 unspecified atom stereocenters. The van der Waals surface area contributed by atoms with Crippen LogP contribution in [0.5, 0.6) is 0 Å². The zero-order chi connectivity index (χ0) is 22.1. The number of ketones is 1. The number of alkyl halides is 4. The summed E-state index contributed by atoms with van der Waals surface area (Å²) >= 11 is 0. The van der Waals surface area contributed by atoms with E-state index in [1.54, 1.807) is 0 Å². The van der Waals surface area contributed by atoms with Gasteiger partial charge in [-0.25, -0.2) is 9.18 Å². The molecular weight excluding hydrogens is 390 g/mol. The number of amides is 2. The van der Waals surface area contributed by atoms with E-state index in [2.05, 4.69) is 5.32 Å². The fourth-order valence-electron chi connectivity index (χ4n) is 2.37. The van der Waals surface area contributed by atoms with E-state index in [1.165, 1.54) is 0 Å². The summed E-state index contributed by atoms with van der Waals surface area (Å²) in [4.78, 5) is 45.2. The first-order chi connectivity index (χ1) is 12.8. The van der Waals surface area contributed by atoms with Gasteiger partial charge in [0.25, 0.3) is 5.91 Å². The van der Waals surface area contributed by atoms with Crippen LogP contribution in [0.3, 0.4) is 0 Å². The fraction of sp³-hybridized carbons (Fsp3) is 0.750. The van der Waals surface area contributed by atoms with Gasteiger partial charge in [0, 0.05) is 13.1 Å². The average Bonchev–Trinajstić information content (AvgIpc) is 2.97. The van der Waals surface area contributed by atoms with E-state index in [4.69, 9.17) is 15.6 Å². The Kier molecular flexibility index (Phi) is 10.6. The quantitative estimate of drug-likeness (QED) is 0.495. The van der Waals surface area contributed by atoms with E-state index in [9.17, 15) is 31.9 Å². The number of nitrogens with zero attached hydrogens (tertiary/aromatic N) is 1. The zero-order valence-corrected chi connectivity index (χ0v) is 15.6. The Bertz CT molecular complexity index is 569. The lowest BCUT2D eigenvalue weighted by atomic mass is 10.0. The molecule has 1 aliphatic heterocycles. The first-order valence-electron chi connectivity index (χ1n) is 8.49. The number of rotatable bonds is 8. The van der Waals surface area contributed by atoms with Gasteiger partial charge in [-0.2, -0.15) is 13.2 Å². The number of carboxylic acids is 1. The van der Waals surface area contributed by atoms with Crippen molar-refractivity contribution in [3.05, 3.63) is 0 Å². The van der Waals surface area contributed by atoms with Gasteiger partial charge in [0.2, 0.25) is 5.91 Å². The summed E-state index contributed by atoms with van der Waals surface area (Å²) in [5.74, 6) is -4.12. The summed E-state index contributed by atoms with van der Waals surface area (Å²) < 4.78 is 44.4. The molecule has 12 heteroatoms. The Labute approximate surface area is 159 Å². The van der Waals surface area contributed by atoms with Gasteiger partial charge in [-0.05, 0) is 18.8 Å². The third-order valence-corrected chi connectivity index (χ3v) is 3.80. The summed E-state index contributed by atoms with van der Waals surface area (Å²) in [6, 6.07) is -0.669. The molecule has 0 aromatic carbocycles. The largest absolute Gasteiger partial charge is 0.490 e. The van der Waals surface area contributed by atoms with Crippen molar-refractivity contribution in [3.8, 4) is 0 Å². The van der Waals surface area contributed by atoms with Crippen molar-refractivity contribution in [1.29, 1.82) is 0 Å². The average molecular weight is 415 g/mol. The second-order valence-corrected chi connectivity index (χ2v) is 6.69. The standard InChI is InChI=1S/C14H24FN3O3.C2HF3O2/c1-9(2)5-11(16)12(19)8-18(13(20)6-15)7-10-3-4-17-14(10)21;3-2(4,5)1(6)7/h9-11H,3-8,16H2,1-2H3,(H,17,21);(H,6,7)/t10-,11-;/m0./s1. The van der Waals surface area contributed by atoms with Crippen LogP contribution in [0.2, 0.25) is 0 Å². The van der Waals surface area contributed by atoms with Gasteiger partial charge in [0.15, 0.2) is 12.5 Å². The summed E-state index contributed by atoms with van der Waals surface area (Å²) in [6.45, 7) is 3.08. The van der Waals surface area contributed by atoms with Crippen LogP contribution < -0.4 is 11.1 Å². The van der Waals surface area contributed by atoms with Crippen LogP contribution >= 0.6 is 0 Å². The third-order valence-electron chi connectivity index (χ3n) is 3.80. The van der Waals surface area contributed by atoms with Gasteiger partial charge in [-0.3, -0.25) is 14.4 Å². The Balaban J connectivity index is 0.000000887. The SMILES string of the molecule is CC(C)C[C@H](N)C(=O)CN(C[C@@H]1CCNC1=O)C(=O)CF.O=C(O)C(F)(F)F. The number of carboxylic acid groups (broad SMARTS) is 1. The maximum absolute atomic E-state index is 12.6. The minimum Gasteiger partial charge on any atom is -0.475 e. The maximum Gasteiger partial charge on any atom is 0.490 e. The number of carbonyl (C=O) groups excluding carboxylic acids is 3. The van der Waals surface area contributed by atoms with Crippen molar-refractivity contribution in [2.75, 3.05) is 26.3 Å². The molecule has 1 saturated heterocycles. The molecule has 0 radical (unpaired) electrons. The minimum absolute atomic E-state index is 0.0642. The van der Waals surface area contributed by atoms with Crippen molar-refractivity contribution >= 4 is 23.6 Å². The molecular formula is C16H25F4N3O5. The molecule has 0 aromatic rings. The predicted molar refractivity (Wildman–Crippen MR) is 89.8 cm³/mol. The Morgan fingerprint density at radius 1 is 1.32 bits per heavy atom. The van der Waals surface area contributed by atoms with E-state index in [1.807, 2.05) is 13.8 Å². The molecule has 1 heterocycles. The maximum atomic E-state index is 12.6. The molecule has 1 fully saturated rings. The molecule has 0 aromatic heterocycles. The molecule has 0 spiro atoms. The number of nitrogens with one attached hydrogen (secondary N) is 1. The number of nitrogens with two attached hydrogens (primary N) is 1. The lowest BCUT2D eigenvalue weighted by molar-refractivity contribution is -0.192. The minimum atomic E-state index is -5.08. The van der Waals surface area contributed by atoms with Crippen LogP contribution in [0.4, 0.5) is 17.6 Å². The van der Waals surface area contributed by atoms with Gasteiger partial charge in [0.05, 0.1) is 18.5 Å². The van der Waals surface area contributed by atoms with E-state index in [-0.39, 0.29) is 36.6 Å². The summed E-state index contributed by atoms with van der Waals surface area (Å²) in [5.41, 5.74) is 5.78. The highest BCUT2D eigenvalue weighted by atomic mass is 19.4. The molecule has 4 N–H and O–H groups in total. The molecule has 162 valence electrons. The lowest BCUT2D eigenvalue weighted by Crippen LogP contribution is -2.46. The Morgan fingerprint density at radius 2 is 1.86 bits per heavy atom. The number of Topliss-reactive ketones (excluding diaryl/α,β-unsaturated/α-hetero) is 1. The van der Waals surface area contributed by atoms with Gasteiger partial charge in [-0.15, -0.1) is 0 Å². The molecule has 2 amide bonds. The molecule has 1 aliphatic rings. The van der Waals surface area contributed by atoms with Crippen LogP contribution in [-0.4, -0.2) is 72.1 Å². The molecule has 0 bridgehead atoms. The second-order valence-electron chi connectivity index (χ2n) is 6.69. The normalized spacial score (nSPS) is 17.4. The molecule has 0 saturated carbocycles. The van der Waals surface area contributed by atoms with Gasteiger partial charge in [-0.1, -0.05) is 13.8 Å².